The third kappa shape index (κ3) is 8.89. The molecule has 2 heterocycles. The minimum Gasteiger partial charge on any atom is -0.389 e. The molecule has 0 aliphatic carbocycles. The first kappa shape index (κ1) is 37.2. The second-order valence-corrected chi connectivity index (χ2v) is 15.4. The van der Waals surface area contributed by atoms with E-state index in [1.807, 2.05) is 53.6 Å². The Labute approximate surface area is 285 Å². The molecule has 9 nitrogen and oxygen atoms in total. The lowest BCUT2D eigenvalue weighted by molar-refractivity contribution is -0.118. The van der Waals surface area contributed by atoms with Crippen LogP contribution in [0.15, 0.2) is 48.7 Å². The number of amides is 1. The van der Waals surface area contributed by atoms with Gasteiger partial charge in [0.15, 0.2) is 5.82 Å². The zero-order valence-electron chi connectivity index (χ0n) is 28.0. The smallest absolute Gasteiger partial charge is 0.243 e. The zero-order chi connectivity index (χ0) is 34.9. The first-order valence-corrected chi connectivity index (χ1v) is 16.3. The molecular weight excluding hydrogens is 649 g/mol. The number of hydrogen-bond donors (Lipinski definition) is 4. The summed E-state index contributed by atoms with van der Waals surface area (Å²) >= 11 is 12.3. The Morgan fingerprint density at radius 1 is 1.19 bits per heavy atom. The van der Waals surface area contributed by atoms with Crippen molar-refractivity contribution in [2.45, 2.75) is 82.8 Å². The SMILES string of the molecule is CN(C)C[C@H](O)COC(C)(C)Cn1ccc(NC(=O)[C@@H]2N[C@@H](CC(C)(C)C)[C@](N)(c3ccc(Cl)cc3F)[C@H]2c2cccc(Cl)c2F)n1. The Balaban J connectivity index is 1.67. The fourth-order valence-corrected chi connectivity index (χ4v) is 6.70. The summed E-state index contributed by atoms with van der Waals surface area (Å²) in [5.41, 5.74) is 4.88. The number of anilines is 1. The molecule has 1 fully saturated rings. The van der Waals surface area contributed by atoms with Crippen molar-refractivity contribution in [1.82, 2.24) is 20.0 Å². The van der Waals surface area contributed by atoms with Crippen LogP contribution in [0, 0.1) is 17.0 Å². The van der Waals surface area contributed by atoms with Gasteiger partial charge in [-0.15, -0.1) is 0 Å². The monoisotopic (exact) mass is 694 g/mol. The van der Waals surface area contributed by atoms with Gasteiger partial charge in [-0.1, -0.05) is 62.2 Å². The van der Waals surface area contributed by atoms with Crippen LogP contribution in [0.4, 0.5) is 14.6 Å². The van der Waals surface area contributed by atoms with E-state index in [0.29, 0.717) is 19.5 Å². The van der Waals surface area contributed by atoms with Crippen molar-refractivity contribution in [3.8, 4) is 0 Å². The molecule has 0 spiro atoms. The molecule has 3 aromatic rings. The minimum atomic E-state index is -1.59. The molecule has 0 radical (unpaired) electrons. The lowest BCUT2D eigenvalue weighted by atomic mass is 9.68. The second kappa shape index (κ2) is 14.5. The molecule has 258 valence electrons. The normalized spacial score (nSPS) is 22.6. The molecule has 4 rings (SSSR count). The molecule has 5 N–H and O–H groups in total. The number of ether oxygens (including phenoxy) is 1. The van der Waals surface area contributed by atoms with E-state index >= 15 is 8.78 Å². The number of carbonyl (C=O) groups is 1. The molecule has 2 aromatic carbocycles. The molecule has 47 heavy (non-hydrogen) atoms. The number of nitrogens with two attached hydrogens (primary N) is 1. The second-order valence-electron chi connectivity index (χ2n) is 14.5. The van der Waals surface area contributed by atoms with Gasteiger partial charge in [-0.05, 0) is 63.5 Å². The van der Waals surface area contributed by atoms with Crippen molar-refractivity contribution in [2.24, 2.45) is 11.1 Å². The van der Waals surface area contributed by atoms with Crippen molar-refractivity contribution < 1.29 is 23.4 Å². The van der Waals surface area contributed by atoms with Crippen molar-refractivity contribution in [2.75, 3.05) is 32.6 Å². The molecule has 1 aliphatic rings. The highest BCUT2D eigenvalue weighted by molar-refractivity contribution is 6.31. The van der Waals surface area contributed by atoms with Crippen LogP contribution < -0.4 is 16.4 Å². The molecule has 0 bridgehead atoms. The van der Waals surface area contributed by atoms with Gasteiger partial charge in [-0.2, -0.15) is 5.10 Å². The summed E-state index contributed by atoms with van der Waals surface area (Å²) in [5, 5.41) is 21.0. The van der Waals surface area contributed by atoms with Gasteiger partial charge in [-0.25, -0.2) is 8.78 Å². The average molecular weight is 696 g/mol. The number of aliphatic hydroxyl groups excluding tert-OH is 1. The molecule has 1 saturated heterocycles. The lowest BCUT2D eigenvalue weighted by Crippen LogP contribution is -2.52. The topological polar surface area (TPSA) is 118 Å². The van der Waals surface area contributed by atoms with E-state index in [4.69, 9.17) is 33.7 Å². The summed E-state index contributed by atoms with van der Waals surface area (Å²) in [6, 6.07) is 8.59. The van der Waals surface area contributed by atoms with Gasteiger partial charge in [0.1, 0.15) is 11.6 Å². The molecule has 1 aliphatic heterocycles. The van der Waals surface area contributed by atoms with Crippen LogP contribution in [0.3, 0.4) is 0 Å². The number of likely N-dealkylation sites (N-methyl/N-ethyl adjacent to an activating group) is 1. The number of aromatic nitrogens is 2. The molecule has 1 amide bonds. The first-order valence-electron chi connectivity index (χ1n) is 15.6. The van der Waals surface area contributed by atoms with Gasteiger partial charge in [-0.3, -0.25) is 9.48 Å². The number of aliphatic hydroxyl groups is 1. The summed E-state index contributed by atoms with van der Waals surface area (Å²) in [6.07, 6.45) is 1.48. The first-order chi connectivity index (χ1) is 21.8. The highest BCUT2D eigenvalue weighted by Gasteiger charge is 2.58. The van der Waals surface area contributed by atoms with Gasteiger partial charge in [0.25, 0.3) is 0 Å². The number of hydrogen-bond acceptors (Lipinski definition) is 7. The summed E-state index contributed by atoms with van der Waals surface area (Å²) < 4.78 is 39.2. The fourth-order valence-electron chi connectivity index (χ4n) is 6.36. The van der Waals surface area contributed by atoms with Crippen molar-refractivity contribution in [3.63, 3.8) is 0 Å². The Kier molecular flexibility index (Phi) is 11.4. The highest BCUT2D eigenvalue weighted by atomic mass is 35.5. The van der Waals surface area contributed by atoms with Gasteiger partial charge in [0.05, 0.1) is 41.5 Å². The quantitative estimate of drug-likeness (QED) is 0.197. The molecule has 5 atom stereocenters. The Hall–Kier alpha value is -2.64. The van der Waals surface area contributed by atoms with Crippen LogP contribution in [0.5, 0.6) is 0 Å². The Bertz CT molecular complexity index is 1560. The van der Waals surface area contributed by atoms with E-state index in [0.717, 1.165) is 0 Å². The van der Waals surface area contributed by atoms with E-state index in [1.165, 1.54) is 30.3 Å². The van der Waals surface area contributed by atoms with Crippen molar-refractivity contribution in [1.29, 1.82) is 0 Å². The summed E-state index contributed by atoms with van der Waals surface area (Å²) in [7, 11) is 3.74. The third-order valence-corrected chi connectivity index (χ3v) is 8.82. The average Bonchev–Trinajstić information content (AvgIpc) is 3.49. The Morgan fingerprint density at radius 2 is 1.89 bits per heavy atom. The third-order valence-electron chi connectivity index (χ3n) is 8.30. The van der Waals surface area contributed by atoms with Crippen LogP contribution >= 0.6 is 23.2 Å². The maximum Gasteiger partial charge on any atom is 0.243 e. The number of benzene rings is 2. The molecular formula is C34H46Cl2F2N6O3. The molecule has 0 saturated carbocycles. The molecule has 0 unspecified atom stereocenters. The maximum atomic E-state index is 15.8. The standard InChI is InChI=1S/C34H46Cl2F2N6O3/c1-32(2,3)16-26-34(39,23-12-11-20(35)15-25(23)37)28(22-9-8-10-24(36)29(22)38)30(40-26)31(46)41-27-13-14-44(42-27)19-33(4,5)47-18-21(45)17-43(6)7/h8-15,21,26,28,30,40,45H,16-19,39H2,1-7H3,(H,41,42,46)/t21-,26-,28-,30+,34+/m0/s1. The summed E-state index contributed by atoms with van der Waals surface area (Å²) in [6.45, 7) is 10.8. The fraction of sp³-hybridized carbons (Fsp3) is 0.529. The number of nitrogens with zero attached hydrogens (tertiary/aromatic N) is 3. The van der Waals surface area contributed by atoms with E-state index in [9.17, 15) is 9.90 Å². The van der Waals surface area contributed by atoms with Crippen LogP contribution in [-0.2, 0) is 21.6 Å². The number of halogens is 4. The number of nitrogens with one attached hydrogen (secondary N) is 2. The number of rotatable bonds is 12. The van der Waals surface area contributed by atoms with Crippen LogP contribution in [0.1, 0.15) is 58.1 Å². The van der Waals surface area contributed by atoms with Gasteiger partial charge >= 0.3 is 0 Å². The lowest BCUT2D eigenvalue weighted by Gasteiger charge is -2.40. The Morgan fingerprint density at radius 3 is 2.53 bits per heavy atom. The predicted octanol–water partition coefficient (Wildman–Crippen LogP) is 5.54. The zero-order valence-corrected chi connectivity index (χ0v) is 29.5. The molecule has 13 heteroatoms. The van der Waals surface area contributed by atoms with Crippen LogP contribution in [0.2, 0.25) is 10.0 Å². The van der Waals surface area contributed by atoms with Gasteiger partial charge in [0, 0.05) is 41.4 Å². The van der Waals surface area contributed by atoms with Crippen molar-refractivity contribution in [3.05, 3.63) is 81.5 Å². The van der Waals surface area contributed by atoms with Gasteiger partial charge < -0.3 is 31.1 Å². The maximum absolute atomic E-state index is 15.8. The molecule has 1 aromatic heterocycles. The minimum absolute atomic E-state index is 0.0827. The van der Waals surface area contributed by atoms with Crippen LogP contribution in [0.25, 0.3) is 0 Å². The summed E-state index contributed by atoms with van der Waals surface area (Å²) in [5.74, 6) is -2.74. The van der Waals surface area contributed by atoms with Crippen LogP contribution in [-0.4, -0.2) is 76.7 Å². The largest absolute Gasteiger partial charge is 0.389 e. The van der Waals surface area contributed by atoms with E-state index in [1.54, 1.807) is 23.0 Å². The van der Waals surface area contributed by atoms with E-state index < -0.39 is 52.8 Å². The van der Waals surface area contributed by atoms with Crippen molar-refractivity contribution >= 4 is 34.9 Å². The van der Waals surface area contributed by atoms with E-state index in [-0.39, 0.29) is 39.0 Å². The van der Waals surface area contributed by atoms with E-state index in [2.05, 4.69) is 15.7 Å². The number of carbonyl (C=O) groups excluding carboxylic acids is 1. The predicted molar refractivity (Wildman–Crippen MR) is 182 cm³/mol. The highest BCUT2D eigenvalue weighted by Crippen LogP contribution is 2.50. The van der Waals surface area contributed by atoms with Gasteiger partial charge in [0.2, 0.25) is 5.91 Å². The summed E-state index contributed by atoms with van der Waals surface area (Å²) in [4.78, 5) is 16.0.